The lowest BCUT2D eigenvalue weighted by molar-refractivity contribution is 0.0912. The maximum Gasteiger partial charge on any atom is 0.287 e. The van der Waals surface area contributed by atoms with Crippen LogP contribution in [0, 0.1) is 6.92 Å². The molecule has 1 aromatic rings. The molecule has 2 rings (SSSR count). The van der Waals surface area contributed by atoms with Gasteiger partial charge in [0.05, 0.1) is 29.2 Å². The van der Waals surface area contributed by atoms with Crippen LogP contribution in [0.5, 0.6) is 0 Å². The van der Waals surface area contributed by atoms with Crippen molar-refractivity contribution in [1.29, 1.82) is 0 Å². The van der Waals surface area contributed by atoms with Crippen LogP contribution in [0.1, 0.15) is 16.1 Å². The maximum absolute atomic E-state index is 11.8. The van der Waals surface area contributed by atoms with E-state index in [-0.39, 0.29) is 17.3 Å². The maximum atomic E-state index is 11.8. The van der Waals surface area contributed by atoms with Crippen molar-refractivity contribution in [2.24, 2.45) is 0 Å². The van der Waals surface area contributed by atoms with Crippen LogP contribution < -0.4 is 5.32 Å². The highest BCUT2D eigenvalue weighted by molar-refractivity contribution is 7.91. The van der Waals surface area contributed by atoms with Crippen molar-refractivity contribution >= 4 is 27.3 Å². The van der Waals surface area contributed by atoms with E-state index < -0.39 is 27.2 Å². The van der Waals surface area contributed by atoms with Gasteiger partial charge in [0.15, 0.2) is 15.6 Å². The highest BCUT2D eigenvalue weighted by atomic mass is 35.5. The molecule has 1 aromatic heterocycles. The van der Waals surface area contributed by atoms with Gasteiger partial charge in [-0.15, -0.1) is 11.6 Å². The third-order valence-corrected chi connectivity index (χ3v) is 5.04. The van der Waals surface area contributed by atoms with Crippen molar-refractivity contribution in [1.82, 2.24) is 5.32 Å². The summed E-state index contributed by atoms with van der Waals surface area (Å²) in [6, 6.07) is 1.11. The third kappa shape index (κ3) is 2.63. The Kier molecular flexibility index (Phi) is 3.18. The molecule has 1 aliphatic rings. The Morgan fingerprint density at radius 3 is 2.71 bits per heavy atom. The molecule has 17 heavy (non-hydrogen) atoms. The van der Waals surface area contributed by atoms with E-state index in [0.717, 1.165) is 0 Å². The summed E-state index contributed by atoms with van der Waals surface area (Å²) < 4.78 is 27.7. The van der Waals surface area contributed by atoms with Crippen molar-refractivity contribution in [3.63, 3.8) is 0 Å². The smallest absolute Gasteiger partial charge is 0.287 e. The number of furan rings is 1. The van der Waals surface area contributed by atoms with Crippen LogP contribution in [0.15, 0.2) is 16.7 Å². The van der Waals surface area contributed by atoms with Crippen LogP contribution in [0.25, 0.3) is 0 Å². The Morgan fingerprint density at radius 1 is 1.53 bits per heavy atom. The number of rotatable bonds is 2. The van der Waals surface area contributed by atoms with Crippen LogP contribution in [-0.4, -0.2) is 37.2 Å². The van der Waals surface area contributed by atoms with Gasteiger partial charge in [0, 0.05) is 5.56 Å². The molecule has 5 nitrogen and oxygen atoms in total. The Bertz CT molecular complexity index is 536. The van der Waals surface area contributed by atoms with Gasteiger partial charge in [-0.1, -0.05) is 0 Å². The van der Waals surface area contributed by atoms with E-state index in [1.807, 2.05) is 0 Å². The third-order valence-electron chi connectivity index (χ3n) is 2.67. The fourth-order valence-electron chi connectivity index (χ4n) is 1.78. The summed E-state index contributed by atoms with van der Waals surface area (Å²) in [7, 11) is -3.15. The molecule has 1 fully saturated rings. The SMILES string of the molecule is Cc1ccoc1C(=O)NC1CS(=O)(=O)CC1Cl. The van der Waals surface area contributed by atoms with Crippen LogP contribution in [-0.2, 0) is 9.84 Å². The van der Waals surface area contributed by atoms with E-state index in [2.05, 4.69) is 5.32 Å². The summed E-state index contributed by atoms with van der Waals surface area (Å²) in [6.07, 6.45) is 1.41. The van der Waals surface area contributed by atoms with Gasteiger partial charge in [-0.05, 0) is 13.0 Å². The number of alkyl halides is 1. The summed E-state index contributed by atoms with van der Waals surface area (Å²) in [5.74, 6) is -0.457. The standard InChI is InChI=1S/C10H12ClNO4S/c1-6-2-3-16-9(6)10(13)12-8-5-17(14,15)4-7(8)11/h2-3,7-8H,4-5H2,1H3,(H,12,13). The summed E-state index contributed by atoms with van der Waals surface area (Å²) in [6.45, 7) is 1.74. The molecule has 2 heterocycles. The van der Waals surface area contributed by atoms with Crippen LogP contribution >= 0.6 is 11.6 Å². The Hall–Kier alpha value is -1.01. The first kappa shape index (κ1) is 12.4. The number of carbonyl (C=O) groups is 1. The first-order valence-electron chi connectivity index (χ1n) is 5.08. The number of amides is 1. The lowest BCUT2D eigenvalue weighted by Crippen LogP contribution is -2.40. The monoisotopic (exact) mass is 277 g/mol. The Labute approximate surface area is 104 Å². The summed E-state index contributed by atoms with van der Waals surface area (Å²) in [5.41, 5.74) is 0.703. The zero-order chi connectivity index (χ0) is 12.6. The molecule has 1 amide bonds. The molecule has 0 aromatic carbocycles. The van der Waals surface area contributed by atoms with E-state index in [9.17, 15) is 13.2 Å². The molecule has 1 saturated heterocycles. The summed E-state index contributed by atoms with van der Waals surface area (Å²) in [5, 5.41) is 2.00. The van der Waals surface area contributed by atoms with Gasteiger partial charge in [0.25, 0.3) is 5.91 Å². The highest BCUT2D eigenvalue weighted by Crippen LogP contribution is 2.19. The molecule has 2 atom stereocenters. The summed E-state index contributed by atoms with van der Waals surface area (Å²) >= 11 is 5.88. The van der Waals surface area contributed by atoms with Gasteiger partial charge in [0.1, 0.15) is 0 Å². The van der Waals surface area contributed by atoms with Crippen molar-refractivity contribution in [2.45, 2.75) is 18.3 Å². The fraction of sp³-hybridized carbons (Fsp3) is 0.500. The van der Waals surface area contributed by atoms with Gasteiger partial charge in [0.2, 0.25) is 0 Å². The molecule has 94 valence electrons. The zero-order valence-corrected chi connectivity index (χ0v) is 10.7. The Balaban J connectivity index is 2.08. The number of hydrogen-bond donors (Lipinski definition) is 1. The second kappa shape index (κ2) is 4.34. The largest absolute Gasteiger partial charge is 0.459 e. The lowest BCUT2D eigenvalue weighted by Gasteiger charge is -2.13. The number of aryl methyl sites for hydroxylation is 1. The number of nitrogens with one attached hydrogen (secondary N) is 1. The molecule has 0 spiro atoms. The van der Waals surface area contributed by atoms with Crippen LogP contribution in [0.2, 0.25) is 0 Å². The van der Waals surface area contributed by atoms with Gasteiger partial charge >= 0.3 is 0 Å². The first-order valence-corrected chi connectivity index (χ1v) is 7.34. The molecular formula is C10H12ClNO4S. The number of hydrogen-bond acceptors (Lipinski definition) is 4. The lowest BCUT2D eigenvalue weighted by atomic mass is 10.2. The van der Waals surface area contributed by atoms with Gasteiger partial charge in [-0.25, -0.2) is 8.42 Å². The van der Waals surface area contributed by atoms with E-state index in [0.29, 0.717) is 5.56 Å². The number of halogens is 1. The molecule has 0 saturated carbocycles. The van der Waals surface area contributed by atoms with Crippen molar-refractivity contribution in [3.05, 3.63) is 23.7 Å². The number of sulfone groups is 1. The minimum atomic E-state index is -3.15. The highest BCUT2D eigenvalue weighted by Gasteiger charge is 2.37. The molecule has 7 heteroatoms. The van der Waals surface area contributed by atoms with Gasteiger partial charge < -0.3 is 9.73 Å². The molecule has 1 N–H and O–H groups in total. The second-order valence-electron chi connectivity index (χ2n) is 4.11. The second-order valence-corrected chi connectivity index (χ2v) is 6.82. The molecule has 1 aliphatic heterocycles. The van der Waals surface area contributed by atoms with Crippen molar-refractivity contribution in [2.75, 3.05) is 11.5 Å². The molecule has 2 unspecified atom stereocenters. The quantitative estimate of drug-likeness (QED) is 0.808. The van der Waals surface area contributed by atoms with E-state index >= 15 is 0 Å². The minimum absolute atomic E-state index is 0.101. The minimum Gasteiger partial charge on any atom is -0.459 e. The van der Waals surface area contributed by atoms with Crippen molar-refractivity contribution < 1.29 is 17.6 Å². The number of carbonyl (C=O) groups excluding carboxylic acids is 1. The molecule has 0 radical (unpaired) electrons. The normalized spacial score (nSPS) is 26.9. The molecule has 0 bridgehead atoms. The molecule has 0 aliphatic carbocycles. The first-order chi connectivity index (χ1) is 7.89. The predicted molar refractivity (Wildman–Crippen MR) is 63.0 cm³/mol. The van der Waals surface area contributed by atoms with Crippen LogP contribution in [0.4, 0.5) is 0 Å². The molecular weight excluding hydrogens is 266 g/mol. The fourth-order valence-corrected chi connectivity index (χ4v) is 4.33. The van der Waals surface area contributed by atoms with Gasteiger partial charge in [-0.2, -0.15) is 0 Å². The summed E-state index contributed by atoms with van der Waals surface area (Å²) in [4.78, 5) is 11.8. The van der Waals surface area contributed by atoms with Crippen LogP contribution in [0.3, 0.4) is 0 Å². The Morgan fingerprint density at radius 2 is 2.24 bits per heavy atom. The topological polar surface area (TPSA) is 76.4 Å². The van der Waals surface area contributed by atoms with E-state index in [1.54, 1.807) is 13.0 Å². The zero-order valence-electron chi connectivity index (χ0n) is 9.14. The van der Waals surface area contributed by atoms with E-state index in [4.69, 9.17) is 16.0 Å². The average molecular weight is 278 g/mol. The van der Waals surface area contributed by atoms with Crippen molar-refractivity contribution in [3.8, 4) is 0 Å². The van der Waals surface area contributed by atoms with E-state index in [1.165, 1.54) is 6.26 Å². The average Bonchev–Trinajstić information content (AvgIpc) is 2.71. The van der Waals surface area contributed by atoms with Gasteiger partial charge in [-0.3, -0.25) is 4.79 Å². The predicted octanol–water partition coefficient (Wildman–Crippen LogP) is 0.722.